The number of likely N-dealkylation sites (N-methyl/N-ethyl adjacent to an activating group) is 1. The van der Waals surface area contributed by atoms with Gasteiger partial charge in [-0.3, -0.25) is 4.79 Å². The van der Waals surface area contributed by atoms with Crippen LogP contribution in [0.5, 0.6) is 0 Å². The van der Waals surface area contributed by atoms with Crippen LogP contribution in [-0.4, -0.2) is 53.8 Å². The highest BCUT2D eigenvalue weighted by Crippen LogP contribution is 2.27. The summed E-state index contributed by atoms with van der Waals surface area (Å²) in [7, 11) is 2.15. The van der Waals surface area contributed by atoms with Crippen molar-refractivity contribution < 1.29 is 9.21 Å². The first-order valence-corrected chi connectivity index (χ1v) is 11.6. The lowest BCUT2D eigenvalue weighted by atomic mass is 10.1. The van der Waals surface area contributed by atoms with Crippen LogP contribution in [0.4, 0.5) is 11.4 Å². The van der Waals surface area contributed by atoms with E-state index < -0.39 is 0 Å². The van der Waals surface area contributed by atoms with Gasteiger partial charge in [-0.25, -0.2) is 4.68 Å². The van der Waals surface area contributed by atoms with E-state index in [-0.39, 0.29) is 5.91 Å². The minimum atomic E-state index is -0.282. The second kappa shape index (κ2) is 9.37. The molecule has 1 aliphatic rings. The maximum absolute atomic E-state index is 13.2. The Morgan fingerprint density at radius 3 is 2.41 bits per heavy atom. The number of carbonyl (C=O) groups excluding carboxylic acids is 1. The first-order valence-electron chi connectivity index (χ1n) is 11.2. The van der Waals surface area contributed by atoms with Gasteiger partial charge in [0, 0.05) is 48.6 Å². The fourth-order valence-corrected chi connectivity index (χ4v) is 4.23. The second-order valence-electron chi connectivity index (χ2n) is 8.52. The van der Waals surface area contributed by atoms with Crippen molar-refractivity contribution in [2.24, 2.45) is 0 Å². The van der Waals surface area contributed by atoms with Gasteiger partial charge in [0.25, 0.3) is 5.91 Å². The molecule has 1 fully saturated rings. The molecule has 0 unspecified atom stereocenters. The number of rotatable bonds is 5. The summed E-state index contributed by atoms with van der Waals surface area (Å²) in [5.41, 5.74) is 4.71. The second-order valence-corrected chi connectivity index (χ2v) is 8.96. The van der Waals surface area contributed by atoms with Crippen LogP contribution in [0.25, 0.3) is 17.1 Å². The van der Waals surface area contributed by atoms with Crippen molar-refractivity contribution in [2.45, 2.75) is 6.92 Å². The van der Waals surface area contributed by atoms with E-state index >= 15 is 0 Å². The van der Waals surface area contributed by atoms with E-state index in [4.69, 9.17) is 16.0 Å². The fraction of sp³-hybridized carbons (Fsp3) is 0.231. The lowest BCUT2D eigenvalue weighted by Gasteiger charge is -2.34. The number of anilines is 2. The molecule has 5 rings (SSSR count). The molecule has 0 radical (unpaired) electrons. The van der Waals surface area contributed by atoms with Gasteiger partial charge < -0.3 is 19.5 Å². The molecule has 1 N–H and O–H groups in total. The van der Waals surface area contributed by atoms with Crippen LogP contribution in [0, 0.1) is 6.92 Å². The summed E-state index contributed by atoms with van der Waals surface area (Å²) in [5, 5.41) is 8.22. The van der Waals surface area contributed by atoms with Gasteiger partial charge >= 0.3 is 0 Å². The van der Waals surface area contributed by atoms with Gasteiger partial charge in [-0.15, -0.1) is 0 Å². The van der Waals surface area contributed by atoms with Crippen LogP contribution < -0.4 is 10.2 Å². The van der Waals surface area contributed by atoms with Gasteiger partial charge in [-0.05, 0) is 74.1 Å². The number of hydrogen-bond acceptors (Lipinski definition) is 5. The van der Waals surface area contributed by atoms with Gasteiger partial charge in [0.2, 0.25) is 0 Å². The standard InChI is InChI=1S/C26H26ClN5O2/c1-18-16-21(31-13-11-30(2)12-14-31)9-10-22(18)28-26(33)23-17-24(25-4-3-15-34-25)32(29-23)20-7-5-19(27)6-8-20/h3-10,15-17H,11-14H2,1-2H3,(H,28,33). The molecule has 2 aromatic carbocycles. The highest BCUT2D eigenvalue weighted by Gasteiger charge is 2.20. The van der Waals surface area contributed by atoms with E-state index in [1.807, 2.05) is 31.2 Å². The van der Waals surface area contributed by atoms with Crippen molar-refractivity contribution >= 4 is 28.9 Å². The maximum Gasteiger partial charge on any atom is 0.276 e. The first kappa shape index (κ1) is 22.3. The van der Waals surface area contributed by atoms with Gasteiger partial charge in [0.05, 0.1) is 12.0 Å². The zero-order valence-electron chi connectivity index (χ0n) is 19.2. The van der Waals surface area contributed by atoms with Crippen molar-refractivity contribution in [3.8, 4) is 17.1 Å². The van der Waals surface area contributed by atoms with Crippen LogP contribution in [-0.2, 0) is 0 Å². The summed E-state index contributed by atoms with van der Waals surface area (Å²) < 4.78 is 7.27. The average Bonchev–Trinajstić information content (AvgIpc) is 3.51. The number of hydrogen-bond donors (Lipinski definition) is 1. The van der Waals surface area contributed by atoms with Gasteiger partial charge in [0.15, 0.2) is 11.5 Å². The lowest BCUT2D eigenvalue weighted by Crippen LogP contribution is -2.44. The number of furan rings is 1. The molecule has 174 valence electrons. The molecular weight excluding hydrogens is 450 g/mol. The molecule has 1 amide bonds. The van der Waals surface area contributed by atoms with Crippen LogP contribution in [0.1, 0.15) is 16.1 Å². The maximum atomic E-state index is 13.2. The quantitative estimate of drug-likeness (QED) is 0.435. The van der Waals surface area contributed by atoms with Crippen LogP contribution in [0.15, 0.2) is 71.3 Å². The molecule has 1 saturated heterocycles. The molecule has 0 atom stereocenters. The van der Waals surface area contributed by atoms with Gasteiger partial charge in [-0.2, -0.15) is 5.10 Å². The number of piperazine rings is 1. The number of carbonyl (C=O) groups is 1. The number of nitrogens with one attached hydrogen (secondary N) is 1. The monoisotopic (exact) mass is 475 g/mol. The Labute approximate surface area is 203 Å². The average molecular weight is 476 g/mol. The van der Waals surface area contributed by atoms with E-state index in [2.05, 4.69) is 39.4 Å². The minimum absolute atomic E-state index is 0.282. The number of amides is 1. The highest BCUT2D eigenvalue weighted by molar-refractivity contribution is 6.30. The van der Waals surface area contributed by atoms with Crippen molar-refractivity contribution in [1.29, 1.82) is 0 Å². The SMILES string of the molecule is Cc1cc(N2CCN(C)CC2)ccc1NC(=O)c1cc(-c2ccco2)n(-c2ccc(Cl)cc2)n1. The Hall–Kier alpha value is -3.55. The van der Waals surface area contributed by atoms with Crippen molar-refractivity contribution in [3.05, 3.63) is 83.2 Å². The summed E-state index contributed by atoms with van der Waals surface area (Å²) in [6.07, 6.45) is 1.60. The van der Waals surface area contributed by atoms with Crippen LogP contribution >= 0.6 is 11.6 Å². The Morgan fingerprint density at radius 2 is 1.74 bits per heavy atom. The Bertz CT molecular complexity index is 1290. The summed E-state index contributed by atoms with van der Waals surface area (Å²) in [6, 6.07) is 18.8. The smallest absolute Gasteiger partial charge is 0.276 e. The molecular formula is C26H26ClN5O2. The van der Waals surface area contributed by atoms with E-state index in [0.717, 1.165) is 43.1 Å². The van der Waals surface area contributed by atoms with E-state index in [1.54, 1.807) is 35.2 Å². The minimum Gasteiger partial charge on any atom is -0.463 e. The van der Waals surface area contributed by atoms with Gasteiger partial charge in [-0.1, -0.05) is 11.6 Å². The Balaban J connectivity index is 1.39. The van der Waals surface area contributed by atoms with E-state index in [9.17, 15) is 4.79 Å². The Morgan fingerprint density at radius 1 is 1.00 bits per heavy atom. The molecule has 1 aliphatic heterocycles. The number of aromatic nitrogens is 2. The van der Waals surface area contributed by atoms with Gasteiger partial charge in [0.1, 0.15) is 5.69 Å². The molecule has 0 saturated carbocycles. The lowest BCUT2D eigenvalue weighted by molar-refractivity contribution is 0.102. The molecule has 7 nitrogen and oxygen atoms in total. The molecule has 3 heterocycles. The predicted molar refractivity (Wildman–Crippen MR) is 135 cm³/mol. The summed E-state index contributed by atoms with van der Waals surface area (Å²) in [5.74, 6) is 0.338. The van der Waals surface area contributed by atoms with E-state index in [0.29, 0.717) is 22.2 Å². The van der Waals surface area contributed by atoms with Crippen LogP contribution in [0.2, 0.25) is 5.02 Å². The van der Waals surface area contributed by atoms with Crippen molar-refractivity contribution in [3.63, 3.8) is 0 Å². The van der Waals surface area contributed by atoms with Crippen molar-refractivity contribution in [1.82, 2.24) is 14.7 Å². The summed E-state index contributed by atoms with van der Waals surface area (Å²) >= 11 is 6.05. The predicted octanol–water partition coefficient (Wildman–Crippen LogP) is 5.10. The fourth-order valence-electron chi connectivity index (χ4n) is 4.11. The topological polar surface area (TPSA) is 66.5 Å². The molecule has 0 spiro atoms. The summed E-state index contributed by atoms with van der Waals surface area (Å²) in [4.78, 5) is 17.9. The summed E-state index contributed by atoms with van der Waals surface area (Å²) in [6.45, 7) is 6.10. The third kappa shape index (κ3) is 4.58. The number of halogens is 1. The Kier molecular flexibility index (Phi) is 6.13. The third-order valence-electron chi connectivity index (χ3n) is 6.11. The zero-order valence-corrected chi connectivity index (χ0v) is 19.9. The van der Waals surface area contributed by atoms with E-state index in [1.165, 1.54) is 5.69 Å². The number of nitrogens with zero attached hydrogens (tertiary/aromatic N) is 4. The third-order valence-corrected chi connectivity index (χ3v) is 6.37. The zero-order chi connectivity index (χ0) is 23.7. The normalized spacial score (nSPS) is 14.4. The number of aryl methyl sites for hydroxylation is 1. The van der Waals surface area contributed by atoms with Crippen LogP contribution in [0.3, 0.4) is 0 Å². The molecule has 0 aliphatic carbocycles. The van der Waals surface area contributed by atoms with Crippen molar-refractivity contribution in [2.75, 3.05) is 43.4 Å². The highest BCUT2D eigenvalue weighted by atomic mass is 35.5. The molecule has 4 aromatic rings. The molecule has 34 heavy (non-hydrogen) atoms. The molecule has 0 bridgehead atoms. The first-order chi connectivity index (χ1) is 16.5. The molecule has 8 heteroatoms. The molecule has 2 aromatic heterocycles. The number of benzene rings is 2. The largest absolute Gasteiger partial charge is 0.463 e.